The smallest absolute Gasteiger partial charge is 0.257 e. The van der Waals surface area contributed by atoms with E-state index in [1.165, 1.54) is 29.5 Å². The lowest BCUT2D eigenvalue weighted by Crippen LogP contribution is -2.36. The van der Waals surface area contributed by atoms with Gasteiger partial charge in [-0.1, -0.05) is 48.4 Å². The third-order valence-corrected chi connectivity index (χ3v) is 7.46. The molecule has 17 heavy (non-hydrogen) atoms. The Morgan fingerprint density at radius 2 is 1.82 bits per heavy atom. The van der Waals surface area contributed by atoms with Crippen LogP contribution in [0.25, 0.3) is 0 Å². The number of sulfone groups is 1. The molecule has 0 radical (unpaired) electrons. The van der Waals surface area contributed by atoms with Gasteiger partial charge in [0.1, 0.15) is 0 Å². The zero-order chi connectivity index (χ0) is 13.3. The summed E-state index contributed by atoms with van der Waals surface area (Å²) in [5, 5.41) is 0. The SMILES string of the molecule is CCS(=O)(=O)C(Cl)(I)C(=O)c1ccc(C)cc1. The Bertz CT molecular complexity index is 520. The molecule has 0 heterocycles. The number of ketones is 1. The van der Waals surface area contributed by atoms with E-state index in [-0.39, 0.29) is 5.75 Å². The molecule has 0 amide bonds. The van der Waals surface area contributed by atoms with E-state index in [1.807, 2.05) is 6.92 Å². The molecule has 0 bridgehead atoms. The Kier molecular flexibility index (Phi) is 4.60. The van der Waals surface area contributed by atoms with Crippen molar-refractivity contribution in [3.05, 3.63) is 35.4 Å². The van der Waals surface area contributed by atoms with Gasteiger partial charge in [-0.05, 0) is 29.5 Å². The molecule has 3 nitrogen and oxygen atoms in total. The summed E-state index contributed by atoms with van der Waals surface area (Å²) in [6, 6.07) is 6.65. The van der Waals surface area contributed by atoms with E-state index in [0.717, 1.165) is 5.56 Å². The van der Waals surface area contributed by atoms with Gasteiger partial charge in [-0.15, -0.1) is 0 Å². The van der Waals surface area contributed by atoms with Crippen LogP contribution in [0.1, 0.15) is 22.8 Å². The highest BCUT2D eigenvalue weighted by Gasteiger charge is 2.45. The van der Waals surface area contributed by atoms with Gasteiger partial charge in [-0.2, -0.15) is 0 Å². The molecule has 0 saturated heterocycles. The fraction of sp³-hybridized carbons (Fsp3) is 0.364. The quantitative estimate of drug-likeness (QED) is 0.454. The van der Waals surface area contributed by atoms with E-state index >= 15 is 0 Å². The number of aryl methyl sites for hydroxylation is 1. The lowest BCUT2D eigenvalue weighted by molar-refractivity contribution is 0.100. The van der Waals surface area contributed by atoms with E-state index in [1.54, 1.807) is 24.3 Å². The summed E-state index contributed by atoms with van der Waals surface area (Å²) in [5.74, 6) is -0.765. The number of Topliss-reactive ketones (excluding diaryl/α,β-unsaturated/α-hetero) is 1. The lowest BCUT2D eigenvalue weighted by Gasteiger charge is -2.18. The molecule has 0 saturated carbocycles. The molecule has 1 unspecified atom stereocenters. The maximum absolute atomic E-state index is 12.1. The van der Waals surface area contributed by atoms with Gasteiger partial charge in [0.25, 0.3) is 2.21 Å². The largest absolute Gasteiger partial charge is 0.290 e. The second-order valence-electron chi connectivity index (χ2n) is 3.62. The van der Waals surface area contributed by atoms with Crippen molar-refractivity contribution in [3.8, 4) is 0 Å². The first-order chi connectivity index (χ1) is 7.72. The summed E-state index contributed by atoms with van der Waals surface area (Å²) in [4.78, 5) is 12.1. The fourth-order valence-corrected chi connectivity index (χ4v) is 3.64. The summed E-state index contributed by atoms with van der Waals surface area (Å²) < 4.78 is 21.6. The van der Waals surface area contributed by atoms with Crippen LogP contribution in [0, 0.1) is 6.92 Å². The average molecular weight is 387 g/mol. The minimum atomic E-state index is -3.65. The van der Waals surface area contributed by atoms with Crippen molar-refractivity contribution in [2.45, 2.75) is 16.1 Å². The van der Waals surface area contributed by atoms with Crippen LogP contribution < -0.4 is 0 Å². The second-order valence-corrected chi connectivity index (χ2v) is 9.81. The summed E-state index contributed by atoms with van der Waals surface area (Å²) in [5.41, 5.74) is 1.30. The van der Waals surface area contributed by atoms with E-state index in [0.29, 0.717) is 5.56 Å². The summed E-state index contributed by atoms with van der Waals surface area (Å²) in [6.45, 7) is 3.35. The zero-order valence-corrected chi connectivity index (χ0v) is 13.1. The topological polar surface area (TPSA) is 51.2 Å². The minimum Gasteiger partial charge on any atom is -0.290 e. The molecule has 0 aromatic heterocycles. The van der Waals surface area contributed by atoms with Gasteiger partial charge < -0.3 is 0 Å². The van der Waals surface area contributed by atoms with Gasteiger partial charge in [-0.3, -0.25) is 4.79 Å². The molecule has 1 aromatic rings. The monoisotopic (exact) mass is 386 g/mol. The number of alkyl halides is 2. The van der Waals surface area contributed by atoms with Crippen molar-refractivity contribution in [2.75, 3.05) is 5.75 Å². The normalized spacial score (nSPS) is 15.3. The number of hydrogen-bond acceptors (Lipinski definition) is 3. The average Bonchev–Trinajstić information content (AvgIpc) is 2.28. The number of carbonyl (C=O) groups is 1. The summed E-state index contributed by atoms with van der Waals surface area (Å²) in [7, 11) is -3.65. The van der Waals surface area contributed by atoms with Crippen LogP contribution in [0.15, 0.2) is 24.3 Å². The van der Waals surface area contributed by atoms with Crippen molar-refractivity contribution in [2.24, 2.45) is 0 Å². The van der Waals surface area contributed by atoms with Gasteiger partial charge >= 0.3 is 0 Å². The molecule has 1 atom stereocenters. The Hall–Kier alpha value is -0.140. The molecule has 0 aliphatic rings. The number of rotatable bonds is 4. The standard InChI is InChI=1S/C11H12ClIO3S/c1-3-17(15,16)11(12,13)10(14)9-6-4-8(2)5-7-9/h4-7H,3H2,1-2H3. The van der Waals surface area contributed by atoms with Gasteiger partial charge in [-0.25, -0.2) is 8.42 Å². The van der Waals surface area contributed by atoms with Crippen molar-refractivity contribution in [1.29, 1.82) is 0 Å². The molecule has 94 valence electrons. The Labute approximate surface area is 120 Å². The van der Waals surface area contributed by atoms with Crippen LogP contribution in [0.3, 0.4) is 0 Å². The van der Waals surface area contributed by atoms with Crippen LogP contribution in [0.5, 0.6) is 0 Å². The molecule has 6 heteroatoms. The van der Waals surface area contributed by atoms with Crippen molar-refractivity contribution >= 4 is 49.8 Å². The first-order valence-electron chi connectivity index (χ1n) is 4.94. The Morgan fingerprint density at radius 3 is 2.24 bits per heavy atom. The molecule has 0 aliphatic heterocycles. The van der Waals surface area contributed by atoms with Crippen molar-refractivity contribution in [1.82, 2.24) is 0 Å². The van der Waals surface area contributed by atoms with E-state index < -0.39 is 17.8 Å². The first kappa shape index (κ1) is 14.9. The van der Waals surface area contributed by atoms with E-state index in [2.05, 4.69) is 0 Å². The third kappa shape index (κ3) is 3.00. The van der Waals surface area contributed by atoms with Crippen LogP contribution >= 0.6 is 34.2 Å². The number of benzene rings is 1. The number of halogens is 2. The highest BCUT2D eigenvalue weighted by atomic mass is 127. The molecular formula is C11H12ClIO3S. The van der Waals surface area contributed by atoms with Gasteiger partial charge in [0.05, 0.1) is 5.75 Å². The van der Waals surface area contributed by atoms with Crippen LogP contribution in [0.4, 0.5) is 0 Å². The van der Waals surface area contributed by atoms with Gasteiger partial charge in [0.2, 0.25) is 5.78 Å². The van der Waals surface area contributed by atoms with E-state index in [4.69, 9.17) is 11.6 Å². The zero-order valence-electron chi connectivity index (χ0n) is 9.41. The molecule has 0 fully saturated rings. The first-order valence-corrected chi connectivity index (χ1v) is 8.05. The molecule has 0 spiro atoms. The third-order valence-electron chi connectivity index (χ3n) is 2.35. The molecule has 0 aliphatic carbocycles. The minimum absolute atomic E-state index is 0.170. The molecule has 0 N–H and O–H groups in total. The van der Waals surface area contributed by atoms with E-state index in [9.17, 15) is 13.2 Å². The predicted molar refractivity (Wildman–Crippen MR) is 77.6 cm³/mol. The maximum atomic E-state index is 12.1. The number of hydrogen-bond donors (Lipinski definition) is 0. The van der Waals surface area contributed by atoms with Gasteiger partial charge in [0.15, 0.2) is 9.84 Å². The second kappa shape index (κ2) is 5.24. The highest BCUT2D eigenvalue weighted by Crippen LogP contribution is 2.35. The molecular weight excluding hydrogens is 375 g/mol. The Morgan fingerprint density at radius 1 is 1.35 bits per heavy atom. The lowest BCUT2D eigenvalue weighted by atomic mass is 10.1. The van der Waals surface area contributed by atoms with Crippen molar-refractivity contribution < 1.29 is 13.2 Å². The predicted octanol–water partition coefficient (Wildman–Crippen LogP) is 2.94. The van der Waals surface area contributed by atoms with Crippen LogP contribution in [0.2, 0.25) is 0 Å². The highest BCUT2D eigenvalue weighted by molar-refractivity contribution is 14.1. The molecule has 1 aromatic carbocycles. The van der Waals surface area contributed by atoms with Gasteiger partial charge in [0, 0.05) is 5.56 Å². The molecule has 1 rings (SSSR count). The fourth-order valence-electron chi connectivity index (χ4n) is 1.20. The Balaban J connectivity index is 3.18. The number of carbonyl (C=O) groups excluding carboxylic acids is 1. The summed E-state index contributed by atoms with van der Waals surface area (Å²) >= 11 is 7.39. The van der Waals surface area contributed by atoms with Crippen LogP contribution in [-0.4, -0.2) is 22.2 Å². The maximum Gasteiger partial charge on any atom is 0.257 e. The van der Waals surface area contributed by atoms with Crippen LogP contribution in [-0.2, 0) is 9.84 Å². The van der Waals surface area contributed by atoms with Crippen molar-refractivity contribution in [3.63, 3.8) is 0 Å². The summed E-state index contributed by atoms with van der Waals surface area (Å²) in [6.07, 6.45) is 0.